The Morgan fingerprint density at radius 2 is 1.44 bits per heavy atom. The highest BCUT2D eigenvalue weighted by Gasteiger charge is 2.24. The van der Waals surface area contributed by atoms with Crippen molar-refractivity contribution in [2.45, 2.75) is 104 Å². The average molecular weight is 560 g/mol. The molecule has 0 saturated heterocycles. The van der Waals surface area contributed by atoms with Crippen LogP contribution in [0.5, 0.6) is 0 Å². The maximum atomic E-state index is 5.08. The second-order valence-corrected chi connectivity index (χ2v) is 14.3. The van der Waals surface area contributed by atoms with Crippen molar-refractivity contribution in [2.24, 2.45) is 0 Å². The van der Waals surface area contributed by atoms with E-state index in [4.69, 9.17) is 4.98 Å². The summed E-state index contributed by atoms with van der Waals surface area (Å²) >= 11 is 1.96. The number of nitrogens with zero attached hydrogens (tertiary/aromatic N) is 1. The molecule has 0 aliphatic heterocycles. The zero-order valence-corrected chi connectivity index (χ0v) is 26.8. The van der Waals surface area contributed by atoms with Gasteiger partial charge in [0.05, 0.1) is 10.4 Å². The Bertz CT molecular complexity index is 1680. The van der Waals surface area contributed by atoms with Crippen LogP contribution in [0.3, 0.4) is 0 Å². The Kier molecular flexibility index (Phi) is 7.81. The van der Waals surface area contributed by atoms with E-state index in [1.54, 1.807) is 0 Å². The zero-order valence-electron chi connectivity index (χ0n) is 26.0. The van der Waals surface area contributed by atoms with Gasteiger partial charge < -0.3 is 0 Å². The molecular weight excluding hydrogens is 515 g/mol. The van der Waals surface area contributed by atoms with Crippen LogP contribution >= 0.6 is 11.3 Å². The summed E-state index contributed by atoms with van der Waals surface area (Å²) in [4.78, 5) is 6.50. The molecule has 0 spiro atoms. The van der Waals surface area contributed by atoms with Crippen LogP contribution in [0, 0.1) is 6.92 Å². The topological polar surface area (TPSA) is 12.9 Å². The summed E-state index contributed by atoms with van der Waals surface area (Å²) in [6.45, 7) is 16.4. The number of thiophene rings is 1. The first kappa shape index (κ1) is 28.2. The summed E-state index contributed by atoms with van der Waals surface area (Å²) in [6.07, 6.45) is 8.70. The third kappa shape index (κ3) is 5.14. The second-order valence-electron chi connectivity index (χ2n) is 13.3. The van der Waals surface area contributed by atoms with Crippen molar-refractivity contribution in [1.82, 2.24) is 4.98 Å². The molecular formula is C39H45NS. The van der Waals surface area contributed by atoms with Gasteiger partial charge in [-0.1, -0.05) is 97.2 Å². The van der Waals surface area contributed by atoms with Crippen molar-refractivity contribution in [3.63, 3.8) is 0 Å². The predicted molar refractivity (Wildman–Crippen MR) is 181 cm³/mol. The second kappa shape index (κ2) is 11.4. The van der Waals surface area contributed by atoms with Crippen LogP contribution in [0.1, 0.15) is 125 Å². The summed E-state index contributed by atoms with van der Waals surface area (Å²) < 4.78 is 1.32. The van der Waals surface area contributed by atoms with E-state index in [1.807, 2.05) is 17.5 Å². The van der Waals surface area contributed by atoms with Crippen molar-refractivity contribution in [3.8, 4) is 21.7 Å². The fourth-order valence-corrected chi connectivity index (χ4v) is 8.44. The van der Waals surface area contributed by atoms with E-state index in [9.17, 15) is 0 Å². The van der Waals surface area contributed by atoms with Gasteiger partial charge in [-0.3, -0.25) is 4.98 Å². The number of fused-ring (bicyclic) bond motifs is 2. The SMILES string of the molecule is Cc1c(-c2c(C(C)C)cc(C(C)C)cc2C(C)C)sc2c(-c3cc(C4CCCCC4)c4ccccc4c3)nccc12. The first-order valence-corrected chi connectivity index (χ1v) is 16.7. The number of aromatic nitrogens is 1. The lowest BCUT2D eigenvalue weighted by Crippen LogP contribution is -2.05. The van der Waals surface area contributed by atoms with Crippen LogP contribution in [0.2, 0.25) is 0 Å². The third-order valence-electron chi connectivity index (χ3n) is 9.42. The van der Waals surface area contributed by atoms with E-state index < -0.39 is 0 Å². The van der Waals surface area contributed by atoms with Crippen molar-refractivity contribution in [2.75, 3.05) is 0 Å². The van der Waals surface area contributed by atoms with E-state index in [0.717, 1.165) is 5.69 Å². The lowest BCUT2D eigenvalue weighted by Gasteiger charge is -2.24. The molecule has 2 heteroatoms. The van der Waals surface area contributed by atoms with Gasteiger partial charge in [0, 0.05) is 16.6 Å². The van der Waals surface area contributed by atoms with E-state index in [0.29, 0.717) is 23.7 Å². The predicted octanol–water partition coefficient (Wildman–Crippen LogP) is 12.5. The highest BCUT2D eigenvalue weighted by Crippen LogP contribution is 2.48. The minimum Gasteiger partial charge on any atom is -0.255 e. The molecule has 2 heterocycles. The highest BCUT2D eigenvalue weighted by molar-refractivity contribution is 7.23. The zero-order chi connectivity index (χ0) is 28.8. The van der Waals surface area contributed by atoms with Crippen LogP contribution < -0.4 is 0 Å². The van der Waals surface area contributed by atoms with E-state index in [2.05, 4.69) is 103 Å². The van der Waals surface area contributed by atoms with Gasteiger partial charge in [0.25, 0.3) is 0 Å². The van der Waals surface area contributed by atoms with Gasteiger partial charge in [0.15, 0.2) is 0 Å². The molecule has 1 fully saturated rings. The van der Waals surface area contributed by atoms with Gasteiger partial charge in [-0.15, -0.1) is 11.3 Å². The van der Waals surface area contributed by atoms with E-state index >= 15 is 0 Å². The molecule has 1 aliphatic carbocycles. The first-order valence-electron chi connectivity index (χ1n) is 15.8. The molecule has 0 amide bonds. The van der Waals surface area contributed by atoms with Crippen LogP contribution in [0.4, 0.5) is 0 Å². The molecule has 0 bridgehead atoms. The minimum absolute atomic E-state index is 0.460. The first-order chi connectivity index (χ1) is 19.7. The number of hydrogen-bond donors (Lipinski definition) is 0. The number of pyridine rings is 1. The molecule has 1 aliphatic rings. The number of benzene rings is 3. The van der Waals surface area contributed by atoms with Gasteiger partial charge in [-0.25, -0.2) is 0 Å². The van der Waals surface area contributed by atoms with Crippen molar-refractivity contribution in [3.05, 3.63) is 88.6 Å². The van der Waals surface area contributed by atoms with Gasteiger partial charge in [0.2, 0.25) is 0 Å². The van der Waals surface area contributed by atoms with Crippen LogP contribution in [0.15, 0.2) is 60.8 Å². The van der Waals surface area contributed by atoms with Crippen molar-refractivity contribution in [1.29, 1.82) is 0 Å². The number of rotatable bonds is 6. The molecule has 5 aromatic rings. The molecule has 1 saturated carbocycles. The monoisotopic (exact) mass is 559 g/mol. The van der Waals surface area contributed by atoms with Gasteiger partial charge >= 0.3 is 0 Å². The van der Waals surface area contributed by atoms with E-state index in [-0.39, 0.29) is 0 Å². The fourth-order valence-electron chi connectivity index (χ4n) is 7.04. The molecule has 3 aromatic carbocycles. The molecule has 41 heavy (non-hydrogen) atoms. The molecule has 0 unspecified atom stereocenters. The van der Waals surface area contributed by atoms with Gasteiger partial charge in [0.1, 0.15) is 0 Å². The average Bonchev–Trinajstić information content (AvgIpc) is 3.32. The van der Waals surface area contributed by atoms with Gasteiger partial charge in [-0.2, -0.15) is 0 Å². The molecule has 0 radical (unpaired) electrons. The van der Waals surface area contributed by atoms with E-state index in [1.165, 1.54) is 96.8 Å². The lowest BCUT2D eigenvalue weighted by molar-refractivity contribution is 0.445. The Morgan fingerprint density at radius 3 is 2.10 bits per heavy atom. The Balaban J connectivity index is 1.59. The molecule has 0 atom stereocenters. The molecule has 6 rings (SSSR count). The number of hydrogen-bond acceptors (Lipinski definition) is 2. The minimum atomic E-state index is 0.460. The summed E-state index contributed by atoms with van der Waals surface area (Å²) in [5.74, 6) is 2.09. The Hall–Kier alpha value is -2.97. The molecule has 212 valence electrons. The Morgan fingerprint density at radius 1 is 0.756 bits per heavy atom. The maximum Gasteiger partial charge on any atom is 0.0880 e. The number of aryl methyl sites for hydroxylation is 1. The van der Waals surface area contributed by atoms with Crippen LogP contribution in [-0.2, 0) is 0 Å². The molecule has 1 nitrogen and oxygen atoms in total. The largest absolute Gasteiger partial charge is 0.255 e. The molecule has 0 N–H and O–H groups in total. The fraction of sp³-hybridized carbons (Fsp3) is 0.410. The summed E-state index contributed by atoms with van der Waals surface area (Å²) in [5.41, 5.74) is 11.2. The van der Waals surface area contributed by atoms with Crippen LogP contribution in [0.25, 0.3) is 42.6 Å². The summed E-state index contributed by atoms with van der Waals surface area (Å²) in [6, 6.07) is 21.1. The van der Waals surface area contributed by atoms with Crippen molar-refractivity contribution < 1.29 is 0 Å². The third-order valence-corrected chi connectivity index (χ3v) is 10.8. The standard InChI is InChI=1S/C39H45NS/c1-23(2)29-20-33(24(3)4)36(34(21-29)25(5)6)38-26(7)31-17-18-40-37(39(31)41-38)30-19-28-15-11-12-16-32(28)35(22-30)27-13-9-8-10-14-27/h11-12,15-25,27H,8-10,13-14H2,1-7H3. The lowest BCUT2D eigenvalue weighted by atomic mass is 9.81. The summed E-state index contributed by atoms with van der Waals surface area (Å²) in [5, 5.41) is 4.11. The van der Waals surface area contributed by atoms with Crippen molar-refractivity contribution >= 4 is 32.2 Å². The highest BCUT2D eigenvalue weighted by atomic mass is 32.1. The van der Waals surface area contributed by atoms with Gasteiger partial charge in [-0.05, 0) is 111 Å². The quantitative estimate of drug-likeness (QED) is 0.202. The molecule has 2 aromatic heterocycles. The summed E-state index contributed by atoms with van der Waals surface area (Å²) in [7, 11) is 0. The smallest absolute Gasteiger partial charge is 0.0880 e. The maximum absolute atomic E-state index is 5.08. The Labute approximate surface area is 251 Å². The normalized spacial score (nSPS) is 14.8. The van der Waals surface area contributed by atoms with Crippen LogP contribution in [-0.4, -0.2) is 4.98 Å².